The van der Waals surface area contributed by atoms with Gasteiger partial charge in [0.05, 0.1) is 6.10 Å². The van der Waals surface area contributed by atoms with E-state index in [1.54, 1.807) is 6.92 Å². The van der Waals surface area contributed by atoms with Crippen LogP contribution in [0.2, 0.25) is 0 Å². The molecule has 1 aliphatic heterocycles. The Balaban J connectivity index is 2.23. The van der Waals surface area contributed by atoms with Crippen molar-refractivity contribution in [2.24, 2.45) is 5.92 Å². The van der Waals surface area contributed by atoms with Gasteiger partial charge < -0.3 is 14.9 Å². The highest BCUT2D eigenvalue weighted by Gasteiger charge is 2.22. The van der Waals surface area contributed by atoms with Crippen molar-refractivity contribution in [1.29, 1.82) is 0 Å². The molecule has 0 aromatic carbocycles. The fraction of sp³-hybridized carbons (Fsp3) is 0.917. The molecule has 4 heteroatoms. The Kier molecular flexibility index (Phi) is 5.22. The van der Waals surface area contributed by atoms with Crippen molar-refractivity contribution in [3.63, 3.8) is 0 Å². The van der Waals surface area contributed by atoms with Crippen molar-refractivity contribution in [1.82, 2.24) is 9.80 Å². The van der Waals surface area contributed by atoms with E-state index in [4.69, 9.17) is 5.11 Å². The molecule has 1 saturated heterocycles. The summed E-state index contributed by atoms with van der Waals surface area (Å²) in [7, 11) is 3.98. The highest BCUT2D eigenvalue weighted by atomic mass is 16.3. The molecule has 1 aliphatic rings. The average Bonchev–Trinajstić information content (AvgIpc) is 2.60. The maximum atomic E-state index is 11.7. The Hall–Kier alpha value is -0.610. The lowest BCUT2D eigenvalue weighted by molar-refractivity contribution is -0.131. The van der Waals surface area contributed by atoms with Crippen molar-refractivity contribution >= 4 is 5.91 Å². The molecule has 0 saturated carbocycles. The summed E-state index contributed by atoms with van der Waals surface area (Å²) in [6.45, 7) is 4.80. The van der Waals surface area contributed by atoms with Gasteiger partial charge in [0, 0.05) is 26.6 Å². The Labute approximate surface area is 98.2 Å². The van der Waals surface area contributed by atoms with E-state index in [1.165, 1.54) is 6.42 Å². The number of aliphatic hydroxyl groups excluding tert-OH is 1. The SMILES string of the molecule is CC(O)CCC(=O)N(C)CC1CCN(C)C1. The molecule has 1 amide bonds. The molecule has 1 rings (SSSR count). The zero-order chi connectivity index (χ0) is 12.1. The lowest BCUT2D eigenvalue weighted by atomic mass is 10.1. The van der Waals surface area contributed by atoms with Gasteiger partial charge in [0.2, 0.25) is 5.91 Å². The number of hydrogen-bond donors (Lipinski definition) is 1. The van der Waals surface area contributed by atoms with Crippen molar-refractivity contribution in [3.8, 4) is 0 Å². The molecule has 1 heterocycles. The van der Waals surface area contributed by atoms with Gasteiger partial charge in [-0.3, -0.25) is 4.79 Å². The van der Waals surface area contributed by atoms with Crippen LogP contribution >= 0.6 is 0 Å². The van der Waals surface area contributed by atoms with Gasteiger partial charge >= 0.3 is 0 Å². The van der Waals surface area contributed by atoms with Crippen LogP contribution in [0.1, 0.15) is 26.2 Å². The number of nitrogens with zero attached hydrogens (tertiary/aromatic N) is 2. The number of likely N-dealkylation sites (tertiary alicyclic amines) is 1. The summed E-state index contributed by atoms with van der Waals surface area (Å²) in [4.78, 5) is 15.8. The molecule has 0 aromatic heterocycles. The van der Waals surface area contributed by atoms with E-state index in [2.05, 4.69) is 11.9 Å². The molecule has 0 aliphatic carbocycles. The van der Waals surface area contributed by atoms with Crippen LogP contribution in [0.3, 0.4) is 0 Å². The number of carbonyl (C=O) groups is 1. The largest absolute Gasteiger partial charge is 0.393 e. The van der Waals surface area contributed by atoms with E-state index >= 15 is 0 Å². The maximum absolute atomic E-state index is 11.7. The highest BCUT2D eigenvalue weighted by molar-refractivity contribution is 5.75. The number of rotatable bonds is 5. The zero-order valence-electron chi connectivity index (χ0n) is 10.6. The average molecular weight is 228 g/mol. The number of amides is 1. The van der Waals surface area contributed by atoms with Gasteiger partial charge in [-0.2, -0.15) is 0 Å². The summed E-state index contributed by atoms with van der Waals surface area (Å²) in [5.74, 6) is 0.765. The van der Waals surface area contributed by atoms with Crippen molar-refractivity contribution in [2.75, 3.05) is 33.7 Å². The Morgan fingerprint density at radius 2 is 2.31 bits per heavy atom. The predicted octanol–water partition coefficient (Wildman–Crippen LogP) is 0.558. The summed E-state index contributed by atoms with van der Waals surface area (Å²) in [5.41, 5.74) is 0. The molecule has 94 valence electrons. The molecule has 2 atom stereocenters. The van der Waals surface area contributed by atoms with Crippen LogP contribution in [0.5, 0.6) is 0 Å². The van der Waals surface area contributed by atoms with Gasteiger partial charge in [-0.15, -0.1) is 0 Å². The fourth-order valence-corrected chi connectivity index (χ4v) is 2.19. The van der Waals surface area contributed by atoms with Crippen LogP contribution in [0, 0.1) is 5.92 Å². The first-order valence-corrected chi connectivity index (χ1v) is 6.09. The normalized spacial score (nSPS) is 23.4. The third-order valence-electron chi connectivity index (χ3n) is 3.22. The summed E-state index contributed by atoms with van der Waals surface area (Å²) in [5, 5.41) is 9.12. The summed E-state index contributed by atoms with van der Waals surface area (Å²) in [6, 6.07) is 0. The van der Waals surface area contributed by atoms with E-state index in [0.717, 1.165) is 19.6 Å². The molecule has 0 radical (unpaired) electrons. The number of carbonyl (C=O) groups excluding carboxylic acids is 1. The van der Waals surface area contributed by atoms with Gasteiger partial charge in [-0.25, -0.2) is 0 Å². The first-order chi connectivity index (χ1) is 7.49. The monoisotopic (exact) mass is 228 g/mol. The van der Waals surface area contributed by atoms with E-state index in [1.807, 2.05) is 11.9 Å². The van der Waals surface area contributed by atoms with Crippen molar-refractivity contribution in [2.45, 2.75) is 32.3 Å². The standard InChI is InChI=1S/C12H24N2O2/c1-10(15)4-5-12(16)14(3)9-11-6-7-13(2)8-11/h10-11,15H,4-9H2,1-3H3. The second-order valence-corrected chi connectivity index (χ2v) is 5.08. The van der Waals surface area contributed by atoms with E-state index < -0.39 is 0 Å². The van der Waals surface area contributed by atoms with E-state index in [0.29, 0.717) is 18.8 Å². The van der Waals surface area contributed by atoms with Gasteiger partial charge in [0.25, 0.3) is 0 Å². The smallest absolute Gasteiger partial charge is 0.222 e. The molecule has 16 heavy (non-hydrogen) atoms. The van der Waals surface area contributed by atoms with Crippen molar-refractivity contribution in [3.05, 3.63) is 0 Å². The molecule has 0 bridgehead atoms. The Morgan fingerprint density at radius 1 is 1.62 bits per heavy atom. The topological polar surface area (TPSA) is 43.8 Å². The van der Waals surface area contributed by atoms with Crippen LogP contribution in [0.4, 0.5) is 0 Å². The molecular formula is C12H24N2O2. The summed E-state index contributed by atoms with van der Waals surface area (Å²) >= 11 is 0. The van der Waals surface area contributed by atoms with Crippen LogP contribution in [-0.2, 0) is 4.79 Å². The fourth-order valence-electron chi connectivity index (χ4n) is 2.19. The second-order valence-electron chi connectivity index (χ2n) is 5.08. The van der Waals surface area contributed by atoms with Crippen LogP contribution in [-0.4, -0.2) is 60.6 Å². The third kappa shape index (κ3) is 4.49. The Bertz CT molecular complexity index is 231. The van der Waals surface area contributed by atoms with Gasteiger partial charge in [-0.05, 0) is 39.3 Å². The second kappa shape index (κ2) is 6.21. The summed E-state index contributed by atoms with van der Waals surface area (Å²) in [6.07, 6.45) is 1.82. The molecule has 1 fully saturated rings. The van der Waals surface area contributed by atoms with Crippen LogP contribution in [0.25, 0.3) is 0 Å². The van der Waals surface area contributed by atoms with Crippen LogP contribution < -0.4 is 0 Å². The van der Waals surface area contributed by atoms with Crippen LogP contribution in [0.15, 0.2) is 0 Å². The summed E-state index contributed by atoms with van der Waals surface area (Å²) < 4.78 is 0. The van der Waals surface area contributed by atoms with Gasteiger partial charge in [0.1, 0.15) is 0 Å². The third-order valence-corrected chi connectivity index (χ3v) is 3.22. The highest BCUT2D eigenvalue weighted by Crippen LogP contribution is 2.15. The first-order valence-electron chi connectivity index (χ1n) is 6.09. The minimum Gasteiger partial charge on any atom is -0.393 e. The molecular weight excluding hydrogens is 204 g/mol. The lowest BCUT2D eigenvalue weighted by Crippen LogP contribution is -2.33. The lowest BCUT2D eigenvalue weighted by Gasteiger charge is -2.21. The van der Waals surface area contributed by atoms with Gasteiger partial charge in [-0.1, -0.05) is 0 Å². The first kappa shape index (κ1) is 13.5. The molecule has 2 unspecified atom stereocenters. The molecule has 0 aromatic rings. The molecule has 0 spiro atoms. The minimum atomic E-state index is -0.380. The van der Waals surface area contributed by atoms with E-state index in [-0.39, 0.29) is 12.0 Å². The maximum Gasteiger partial charge on any atom is 0.222 e. The zero-order valence-corrected chi connectivity index (χ0v) is 10.6. The van der Waals surface area contributed by atoms with Gasteiger partial charge in [0.15, 0.2) is 0 Å². The van der Waals surface area contributed by atoms with E-state index in [9.17, 15) is 4.79 Å². The molecule has 1 N–H and O–H groups in total. The quantitative estimate of drug-likeness (QED) is 0.747. The minimum absolute atomic E-state index is 0.149. The Morgan fingerprint density at radius 3 is 2.81 bits per heavy atom. The molecule has 4 nitrogen and oxygen atoms in total. The predicted molar refractivity (Wildman–Crippen MR) is 64.2 cm³/mol. The number of hydrogen-bond acceptors (Lipinski definition) is 3. The number of aliphatic hydroxyl groups is 1. The van der Waals surface area contributed by atoms with Crippen molar-refractivity contribution < 1.29 is 9.90 Å².